The maximum absolute atomic E-state index is 12.6. The van der Waals surface area contributed by atoms with Crippen LogP contribution >= 0.6 is 7.82 Å². The van der Waals surface area contributed by atoms with Gasteiger partial charge in [0.15, 0.2) is 6.10 Å². The fourth-order valence-corrected chi connectivity index (χ4v) is 7.85. The van der Waals surface area contributed by atoms with E-state index in [1.54, 1.807) is 6.92 Å². The zero-order valence-corrected chi connectivity index (χ0v) is 39.1. The second kappa shape index (κ2) is 45.1. The van der Waals surface area contributed by atoms with Crippen LogP contribution in [-0.4, -0.2) is 42.8 Å². The SMILES string of the molecule is CCCCCCCC/C=C\CCCCCCCC(=O)OCC(COP(=O)(O)OCC)OC(=O)CCCCCCCCCCCCC/C=C\CCCCCCCCCC. The molecule has 0 fully saturated rings. The fraction of sp³-hybridized carbons (Fsp3) is 0.878. The topological polar surface area (TPSA) is 108 Å². The highest BCUT2D eigenvalue weighted by molar-refractivity contribution is 7.47. The van der Waals surface area contributed by atoms with E-state index in [9.17, 15) is 19.0 Å². The average molecular weight is 841 g/mol. The van der Waals surface area contributed by atoms with Gasteiger partial charge in [-0.15, -0.1) is 0 Å². The lowest BCUT2D eigenvalue weighted by Gasteiger charge is -2.19. The zero-order valence-electron chi connectivity index (χ0n) is 38.2. The molecule has 342 valence electrons. The summed E-state index contributed by atoms with van der Waals surface area (Å²) >= 11 is 0. The fourth-order valence-electron chi connectivity index (χ4n) is 7.09. The maximum atomic E-state index is 12.6. The number of hydrogen-bond donors (Lipinski definition) is 1. The normalized spacial score (nSPS) is 13.4. The van der Waals surface area contributed by atoms with Gasteiger partial charge in [-0.05, 0) is 71.1 Å². The lowest BCUT2D eigenvalue weighted by molar-refractivity contribution is -0.161. The molecule has 0 spiro atoms. The number of allylic oxidation sites excluding steroid dienone is 4. The first-order valence-electron chi connectivity index (χ1n) is 24.6. The highest BCUT2D eigenvalue weighted by Gasteiger charge is 2.25. The molecular weight excluding hydrogens is 748 g/mol. The number of rotatable bonds is 46. The molecule has 1 N–H and O–H groups in total. The molecular formula is C49H93O8P. The molecule has 0 aliphatic rings. The molecule has 0 rings (SSSR count). The predicted octanol–water partition coefficient (Wildman–Crippen LogP) is 15.8. The molecule has 0 aliphatic heterocycles. The molecule has 0 heterocycles. The van der Waals surface area contributed by atoms with Crippen molar-refractivity contribution in [2.75, 3.05) is 19.8 Å². The van der Waals surface area contributed by atoms with Gasteiger partial charge in [-0.1, -0.05) is 192 Å². The van der Waals surface area contributed by atoms with Gasteiger partial charge < -0.3 is 14.4 Å². The smallest absolute Gasteiger partial charge is 0.462 e. The van der Waals surface area contributed by atoms with Crippen LogP contribution in [0, 0.1) is 0 Å². The highest BCUT2D eigenvalue weighted by Crippen LogP contribution is 2.43. The third-order valence-electron chi connectivity index (χ3n) is 10.7. The number of phosphoric acid groups is 1. The summed E-state index contributed by atoms with van der Waals surface area (Å²) in [6.07, 6.45) is 51.0. The first-order valence-corrected chi connectivity index (χ1v) is 26.1. The molecule has 9 heteroatoms. The molecule has 0 amide bonds. The summed E-state index contributed by atoms with van der Waals surface area (Å²) in [5.74, 6) is -0.798. The van der Waals surface area contributed by atoms with Crippen molar-refractivity contribution in [3.8, 4) is 0 Å². The second-order valence-electron chi connectivity index (χ2n) is 16.5. The van der Waals surface area contributed by atoms with Gasteiger partial charge in [0, 0.05) is 12.8 Å². The van der Waals surface area contributed by atoms with Gasteiger partial charge in [0.05, 0.1) is 13.2 Å². The number of esters is 2. The van der Waals surface area contributed by atoms with E-state index in [-0.39, 0.29) is 32.0 Å². The summed E-state index contributed by atoms with van der Waals surface area (Å²) in [6, 6.07) is 0. The number of carbonyl (C=O) groups excluding carboxylic acids is 2. The Bertz CT molecular complexity index is 999. The average Bonchev–Trinajstić information content (AvgIpc) is 3.20. The molecule has 2 atom stereocenters. The zero-order chi connectivity index (χ0) is 42.5. The van der Waals surface area contributed by atoms with E-state index in [2.05, 4.69) is 38.2 Å². The molecule has 2 unspecified atom stereocenters. The molecule has 0 saturated carbocycles. The molecule has 0 aromatic rings. The Hall–Kier alpha value is -1.47. The Morgan fingerprint density at radius 2 is 0.776 bits per heavy atom. The summed E-state index contributed by atoms with van der Waals surface area (Å²) in [6.45, 7) is 5.50. The van der Waals surface area contributed by atoms with Gasteiger partial charge in [0.25, 0.3) is 0 Å². The van der Waals surface area contributed by atoms with Crippen molar-refractivity contribution < 1.29 is 37.6 Å². The molecule has 58 heavy (non-hydrogen) atoms. The van der Waals surface area contributed by atoms with E-state index in [1.807, 2.05) is 0 Å². The largest absolute Gasteiger partial charge is 0.472 e. The van der Waals surface area contributed by atoms with Crippen LogP contribution in [0.2, 0.25) is 0 Å². The van der Waals surface area contributed by atoms with Crippen LogP contribution in [-0.2, 0) is 32.7 Å². The van der Waals surface area contributed by atoms with Crippen LogP contribution < -0.4 is 0 Å². The van der Waals surface area contributed by atoms with E-state index >= 15 is 0 Å². The molecule has 8 nitrogen and oxygen atoms in total. The summed E-state index contributed by atoms with van der Waals surface area (Å²) in [4.78, 5) is 34.8. The Morgan fingerprint density at radius 3 is 1.14 bits per heavy atom. The quantitative estimate of drug-likeness (QED) is 0.0279. The Kier molecular flexibility index (Phi) is 43.9. The first-order chi connectivity index (χ1) is 28.3. The third kappa shape index (κ3) is 44.1. The minimum absolute atomic E-state index is 0.000710. The van der Waals surface area contributed by atoms with Crippen molar-refractivity contribution in [3.63, 3.8) is 0 Å². The maximum Gasteiger partial charge on any atom is 0.472 e. The standard InChI is InChI=1S/C49H93O8P/c1-4-7-9-11-13-15-17-19-21-22-23-24-25-26-27-28-30-32-34-36-38-40-42-44-49(51)57-47(46-56-58(52,53)55-6-3)45-54-48(50)43-41-39-37-35-33-31-29-20-18-16-14-12-10-8-5-2/h20,22-23,29,47H,4-19,21,24-28,30-46H2,1-3H3,(H,52,53)/b23-22-,29-20-. The lowest BCUT2D eigenvalue weighted by Crippen LogP contribution is -2.29. The molecule has 0 aromatic heterocycles. The van der Waals surface area contributed by atoms with Gasteiger partial charge in [-0.25, -0.2) is 4.57 Å². The van der Waals surface area contributed by atoms with Crippen molar-refractivity contribution in [2.45, 2.75) is 258 Å². The van der Waals surface area contributed by atoms with Gasteiger partial charge in [0.1, 0.15) is 6.61 Å². The van der Waals surface area contributed by atoms with Crippen molar-refractivity contribution in [1.29, 1.82) is 0 Å². The van der Waals surface area contributed by atoms with E-state index in [1.165, 1.54) is 167 Å². The van der Waals surface area contributed by atoms with Crippen LogP contribution in [0.3, 0.4) is 0 Å². The minimum Gasteiger partial charge on any atom is -0.462 e. The molecule has 0 saturated heterocycles. The van der Waals surface area contributed by atoms with Crippen molar-refractivity contribution in [3.05, 3.63) is 24.3 Å². The monoisotopic (exact) mass is 841 g/mol. The van der Waals surface area contributed by atoms with Crippen molar-refractivity contribution in [2.24, 2.45) is 0 Å². The third-order valence-corrected chi connectivity index (χ3v) is 11.8. The molecule has 0 radical (unpaired) electrons. The summed E-state index contributed by atoms with van der Waals surface area (Å²) in [7, 11) is -4.28. The van der Waals surface area contributed by atoms with Crippen molar-refractivity contribution in [1.82, 2.24) is 0 Å². The molecule has 0 aromatic carbocycles. The van der Waals surface area contributed by atoms with Crippen LogP contribution in [0.15, 0.2) is 24.3 Å². The van der Waals surface area contributed by atoms with Crippen LogP contribution in [0.5, 0.6) is 0 Å². The Morgan fingerprint density at radius 1 is 0.448 bits per heavy atom. The summed E-state index contributed by atoms with van der Waals surface area (Å²) in [5.41, 5.74) is 0. The minimum atomic E-state index is -4.28. The number of carbonyl (C=O) groups is 2. The second-order valence-corrected chi connectivity index (χ2v) is 17.9. The van der Waals surface area contributed by atoms with Crippen LogP contribution in [0.25, 0.3) is 0 Å². The summed E-state index contributed by atoms with van der Waals surface area (Å²) < 4.78 is 32.7. The number of hydrogen-bond acceptors (Lipinski definition) is 7. The van der Waals surface area contributed by atoms with Crippen LogP contribution in [0.1, 0.15) is 252 Å². The summed E-state index contributed by atoms with van der Waals surface area (Å²) in [5, 5.41) is 0. The Labute approximate surface area is 358 Å². The number of ether oxygens (including phenoxy) is 2. The molecule has 0 aliphatic carbocycles. The van der Waals surface area contributed by atoms with Gasteiger partial charge in [-0.2, -0.15) is 0 Å². The van der Waals surface area contributed by atoms with E-state index in [0.717, 1.165) is 44.9 Å². The van der Waals surface area contributed by atoms with E-state index < -0.39 is 26.5 Å². The van der Waals surface area contributed by atoms with Gasteiger partial charge in [-0.3, -0.25) is 18.6 Å². The molecule has 0 bridgehead atoms. The van der Waals surface area contributed by atoms with E-state index in [4.69, 9.17) is 18.5 Å². The van der Waals surface area contributed by atoms with Crippen molar-refractivity contribution >= 4 is 19.8 Å². The number of phosphoric ester groups is 1. The number of unbranched alkanes of at least 4 members (excludes halogenated alkanes) is 30. The van der Waals surface area contributed by atoms with Crippen LogP contribution in [0.4, 0.5) is 0 Å². The van der Waals surface area contributed by atoms with Gasteiger partial charge >= 0.3 is 19.8 Å². The first kappa shape index (κ1) is 56.5. The lowest BCUT2D eigenvalue weighted by atomic mass is 10.0. The highest BCUT2D eigenvalue weighted by atomic mass is 31.2. The predicted molar refractivity (Wildman–Crippen MR) is 244 cm³/mol. The Balaban J connectivity index is 3.97. The van der Waals surface area contributed by atoms with E-state index in [0.29, 0.717) is 6.42 Å². The van der Waals surface area contributed by atoms with Gasteiger partial charge in [0.2, 0.25) is 0 Å².